The van der Waals surface area contributed by atoms with Crippen LogP contribution in [-0.2, 0) is 25.0 Å². The maximum Gasteiger partial charge on any atom is 0.344 e. The molecule has 0 amide bonds. The van der Waals surface area contributed by atoms with Crippen LogP contribution in [0.4, 0.5) is 0 Å². The third-order valence-corrected chi connectivity index (χ3v) is 5.61. The molecule has 0 radical (unpaired) electrons. The maximum atomic E-state index is 12.6. The van der Waals surface area contributed by atoms with Crippen LogP contribution in [0.5, 0.6) is 5.75 Å². The van der Waals surface area contributed by atoms with E-state index < -0.39 is 5.97 Å². The van der Waals surface area contributed by atoms with Crippen molar-refractivity contribution in [3.05, 3.63) is 27.2 Å². The van der Waals surface area contributed by atoms with Gasteiger partial charge in [0.25, 0.3) is 0 Å². The fraction of sp³-hybridized carbons (Fsp3) is 0.632. The SMILES string of the molecule is COCOC(=O)c1cc2c(c(Br)c1OCOC)C(C)(C)CCC2(C)C. The van der Waals surface area contributed by atoms with E-state index in [0.717, 1.165) is 22.9 Å². The highest BCUT2D eigenvalue weighted by molar-refractivity contribution is 9.10. The van der Waals surface area contributed by atoms with Gasteiger partial charge in [-0.15, -0.1) is 0 Å². The summed E-state index contributed by atoms with van der Waals surface area (Å²) >= 11 is 3.69. The summed E-state index contributed by atoms with van der Waals surface area (Å²) in [4.78, 5) is 12.6. The molecule has 0 saturated carbocycles. The Bertz CT molecular complexity index is 652. The van der Waals surface area contributed by atoms with Crippen LogP contribution in [-0.4, -0.2) is 33.8 Å². The first-order valence-electron chi connectivity index (χ1n) is 8.31. The summed E-state index contributed by atoms with van der Waals surface area (Å²) in [5, 5.41) is 0. The highest BCUT2D eigenvalue weighted by Gasteiger charge is 2.41. The number of benzene rings is 1. The number of esters is 1. The normalized spacial score (nSPS) is 17.7. The number of carbonyl (C=O) groups is 1. The molecule has 0 unspecified atom stereocenters. The van der Waals surface area contributed by atoms with Gasteiger partial charge in [-0.2, -0.15) is 0 Å². The van der Waals surface area contributed by atoms with E-state index in [2.05, 4.69) is 43.6 Å². The number of fused-ring (bicyclic) bond motifs is 1. The Balaban J connectivity index is 2.67. The Labute approximate surface area is 158 Å². The Hall–Kier alpha value is -1.11. The Morgan fingerprint density at radius 3 is 2.28 bits per heavy atom. The maximum absolute atomic E-state index is 12.6. The molecule has 0 aromatic heterocycles. The Morgan fingerprint density at radius 2 is 1.68 bits per heavy atom. The van der Waals surface area contributed by atoms with Gasteiger partial charge in [0.1, 0.15) is 5.56 Å². The molecule has 1 aromatic carbocycles. The van der Waals surface area contributed by atoms with E-state index in [-0.39, 0.29) is 24.4 Å². The predicted molar refractivity (Wildman–Crippen MR) is 99.2 cm³/mol. The van der Waals surface area contributed by atoms with Gasteiger partial charge in [-0.05, 0) is 56.8 Å². The van der Waals surface area contributed by atoms with Crippen LogP contribution in [0.3, 0.4) is 0 Å². The summed E-state index contributed by atoms with van der Waals surface area (Å²) in [6.45, 7) is 8.78. The molecule has 0 bridgehead atoms. The van der Waals surface area contributed by atoms with Gasteiger partial charge < -0.3 is 18.9 Å². The quantitative estimate of drug-likeness (QED) is 0.504. The zero-order valence-corrected chi connectivity index (χ0v) is 17.4. The van der Waals surface area contributed by atoms with Gasteiger partial charge in [0.15, 0.2) is 19.3 Å². The molecule has 0 N–H and O–H groups in total. The van der Waals surface area contributed by atoms with Crippen LogP contribution in [0.1, 0.15) is 62.0 Å². The lowest BCUT2D eigenvalue weighted by Crippen LogP contribution is -2.35. The highest BCUT2D eigenvalue weighted by Crippen LogP contribution is 2.51. The molecule has 0 spiro atoms. The van der Waals surface area contributed by atoms with Crippen LogP contribution < -0.4 is 4.74 Å². The monoisotopic (exact) mass is 414 g/mol. The molecule has 2 rings (SSSR count). The second-order valence-corrected chi connectivity index (χ2v) is 8.44. The standard InChI is InChI=1S/C19H27BrO5/c1-18(2)7-8-19(3,4)14-13(18)9-12(17(21)25-11-23-6)16(15(14)20)24-10-22-5/h9H,7-8,10-11H2,1-6H3. The van der Waals surface area contributed by atoms with Crippen LogP contribution in [0, 0.1) is 0 Å². The lowest BCUT2D eigenvalue weighted by Gasteiger charge is -2.43. The van der Waals surface area contributed by atoms with Crippen molar-refractivity contribution in [2.24, 2.45) is 0 Å². The molecule has 0 heterocycles. The fourth-order valence-electron chi connectivity index (χ4n) is 3.31. The predicted octanol–water partition coefficient (Wildman–Crippen LogP) is 4.54. The summed E-state index contributed by atoms with van der Waals surface area (Å²) < 4.78 is 21.6. The average Bonchev–Trinajstić information content (AvgIpc) is 2.55. The number of halogens is 1. The second-order valence-electron chi connectivity index (χ2n) is 7.65. The number of hydrogen-bond donors (Lipinski definition) is 0. The molecule has 0 fully saturated rings. The van der Waals surface area contributed by atoms with Crippen molar-refractivity contribution in [3.8, 4) is 5.75 Å². The highest BCUT2D eigenvalue weighted by atomic mass is 79.9. The molecular weight excluding hydrogens is 388 g/mol. The summed E-state index contributed by atoms with van der Waals surface area (Å²) in [5.41, 5.74) is 2.64. The van der Waals surface area contributed by atoms with Gasteiger partial charge in [0, 0.05) is 14.2 Å². The smallest absolute Gasteiger partial charge is 0.344 e. The van der Waals surface area contributed by atoms with Crippen molar-refractivity contribution in [2.75, 3.05) is 27.8 Å². The molecule has 1 aromatic rings. The zero-order chi connectivity index (χ0) is 18.8. The summed E-state index contributed by atoms with van der Waals surface area (Å²) in [6.07, 6.45) is 2.10. The van der Waals surface area contributed by atoms with Gasteiger partial charge in [-0.25, -0.2) is 4.79 Å². The third kappa shape index (κ3) is 4.01. The summed E-state index contributed by atoms with van der Waals surface area (Å²) in [7, 11) is 3.02. The van der Waals surface area contributed by atoms with Crippen molar-refractivity contribution in [3.63, 3.8) is 0 Å². The number of methoxy groups -OCH3 is 2. The second kappa shape index (κ2) is 7.64. The molecular formula is C19H27BrO5. The molecule has 140 valence electrons. The molecule has 1 aliphatic carbocycles. The minimum Gasteiger partial charge on any atom is -0.465 e. The number of hydrogen-bond acceptors (Lipinski definition) is 5. The molecule has 25 heavy (non-hydrogen) atoms. The first-order chi connectivity index (χ1) is 11.7. The van der Waals surface area contributed by atoms with E-state index in [1.54, 1.807) is 7.11 Å². The number of ether oxygens (including phenoxy) is 4. The van der Waals surface area contributed by atoms with Gasteiger partial charge in [-0.1, -0.05) is 27.7 Å². The van der Waals surface area contributed by atoms with E-state index in [0.29, 0.717) is 11.3 Å². The number of rotatable bonds is 6. The molecule has 6 heteroatoms. The van der Waals surface area contributed by atoms with Crippen molar-refractivity contribution in [1.29, 1.82) is 0 Å². The minimum atomic E-state index is -0.476. The minimum absolute atomic E-state index is 0.0240. The Kier molecular flexibility index (Phi) is 6.17. The van der Waals surface area contributed by atoms with Gasteiger partial charge in [0.2, 0.25) is 0 Å². The van der Waals surface area contributed by atoms with E-state index >= 15 is 0 Å². The molecule has 1 aliphatic rings. The van der Waals surface area contributed by atoms with E-state index in [9.17, 15) is 4.79 Å². The molecule has 0 atom stereocenters. The molecule has 0 saturated heterocycles. The largest absolute Gasteiger partial charge is 0.465 e. The zero-order valence-electron chi connectivity index (χ0n) is 15.8. The summed E-state index contributed by atoms with van der Waals surface area (Å²) in [5.74, 6) is -0.0249. The van der Waals surface area contributed by atoms with E-state index in [1.807, 2.05) is 6.07 Å². The fourth-order valence-corrected chi connectivity index (χ4v) is 4.39. The van der Waals surface area contributed by atoms with Crippen molar-refractivity contribution in [2.45, 2.75) is 51.4 Å². The lowest BCUT2D eigenvalue weighted by atomic mass is 9.63. The van der Waals surface area contributed by atoms with Gasteiger partial charge >= 0.3 is 5.97 Å². The Morgan fingerprint density at radius 1 is 1.08 bits per heavy atom. The van der Waals surface area contributed by atoms with Crippen LogP contribution in [0.25, 0.3) is 0 Å². The van der Waals surface area contributed by atoms with Gasteiger partial charge in [-0.3, -0.25) is 0 Å². The molecule has 5 nitrogen and oxygen atoms in total. The average molecular weight is 415 g/mol. The van der Waals surface area contributed by atoms with Crippen molar-refractivity contribution >= 4 is 21.9 Å². The summed E-state index contributed by atoms with van der Waals surface area (Å²) in [6, 6.07) is 1.91. The van der Waals surface area contributed by atoms with Crippen LogP contribution >= 0.6 is 15.9 Å². The topological polar surface area (TPSA) is 54.0 Å². The number of carbonyl (C=O) groups excluding carboxylic acids is 1. The van der Waals surface area contributed by atoms with E-state index in [1.165, 1.54) is 12.7 Å². The lowest BCUT2D eigenvalue weighted by molar-refractivity contribution is -0.0133. The van der Waals surface area contributed by atoms with Crippen LogP contribution in [0.2, 0.25) is 0 Å². The third-order valence-electron chi connectivity index (χ3n) is 4.85. The van der Waals surface area contributed by atoms with Crippen molar-refractivity contribution in [1.82, 2.24) is 0 Å². The van der Waals surface area contributed by atoms with E-state index in [4.69, 9.17) is 18.9 Å². The van der Waals surface area contributed by atoms with Gasteiger partial charge in [0.05, 0.1) is 4.47 Å². The van der Waals surface area contributed by atoms with Crippen LogP contribution in [0.15, 0.2) is 10.5 Å². The van der Waals surface area contributed by atoms with Crippen molar-refractivity contribution < 1.29 is 23.7 Å². The first kappa shape index (κ1) is 20.2. The first-order valence-corrected chi connectivity index (χ1v) is 9.10. The molecule has 0 aliphatic heterocycles.